The van der Waals surface area contributed by atoms with Crippen LogP contribution in [0.25, 0.3) is 97.4 Å². The summed E-state index contributed by atoms with van der Waals surface area (Å²) in [6.45, 7) is 0. The summed E-state index contributed by atoms with van der Waals surface area (Å²) in [6, 6.07) is 66.5. The highest BCUT2D eigenvalue weighted by Gasteiger charge is 2.20. The van der Waals surface area contributed by atoms with E-state index in [1.165, 1.54) is 91.7 Å². The van der Waals surface area contributed by atoms with E-state index in [1.807, 2.05) is 11.3 Å². The summed E-state index contributed by atoms with van der Waals surface area (Å²) >= 11 is 1.88. The Kier molecular flexibility index (Phi) is 6.16. The molecule has 51 heavy (non-hydrogen) atoms. The molecular formula is C48H30N2S. The maximum atomic E-state index is 2.43. The van der Waals surface area contributed by atoms with Crippen LogP contribution in [0.2, 0.25) is 0 Å². The molecule has 11 aromatic rings. The lowest BCUT2D eigenvalue weighted by Gasteiger charge is -2.11. The Labute approximate surface area is 298 Å². The van der Waals surface area contributed by atoms with Gasteiger partial charge in [0.1, 0.15) is 0 Å². The van der Waals surface area contributed by atoms with Crippen molar-refractivity contribution in [3.05, 3.63) is 182 Å². The van der Waals surface area contributed by atoms with Crippen LogP contribution in [0.4, 0.5) is 0 Å². The second-order valence-electron chi connectivity index (χ2n) is 13.3. The molecule has 0 radical (unpaired) electrons. The number of hydrogen-bond donors (Lipinski definition) is 0. The van der Waals surface area contributed by atoms with Crippen molar-refractivity contribution in [1.82, 2.24) is 9.13 Å². The van der Waals surface area contributed by atoms with Crippen LogP contribution >= 0.6 is 11.3 Å². The minimum absolute atomic E-state index is 1.16. The highest BCUT2D eigenvalue weighted by molar-refractivity contribution is 7.26. The Morgan fingerprint density at radius 2 is 0.804 bits per heavy atom. The first kappa shape index (κ1) is 28.4. The van der Waals surface area contributed by atoms with Crippen LogP contribution in [0.3, 0.4) is 0 Å². The Morgan fingerprint density at radius 1 is 0.314 bits per heavy atom. The molecule has 3 heterocycles. The molecule has 238 valence electrons. The highest BCUT2D eigenvalue weighted by Crippen LogP contribution is 2.43. The van der Waals surface area contributed by atoms with E-state index >= 15 is 0 Å². The zero-order chi connectivity index (χ0) is 33.5. The summed E-state index contributed by atoms with van der Waals surface area (Å²) in [5, 5.41) is 7.80. The molecule has 0 aliphatic heterocycles. The molecule has 0 fully saturated rings. The number of fused-ring (bicyclic) bond motifs is 10. The van der Waals surface area contributed by atoms with Crippen LogP contribution in [-0.2, 0) is 0 Å². The van der Waals surface area contributed by atoms with Crippen LogP contribution < -0.4 is 0 Å². The van der Waals surface area contributed by atoms with Crippen LogP contribution in [-0.4, -0.2) is 9.13 Å². The van der Waals surface area contributed by atoms with Gasteiger partial charge in [-0.25, -0.2) is 0 Å². The lowest BCUT2D eigenvalue weighted by Crippen LogP contribution is -1.94. The average Bonchev–Trinajstić information content (AvgIpc) is 3.86. The zero-order valence-electron chi connectivity index (χ0n) is 27.6. The van der Waals surface area contributed by atoms with Gasteiger partial charge >= 0.3 is 0 Å². The van der Waals surface area contributed by atoms with Crippen molar-refractivity contribution < 1.29 is 0 Å². The number of aromatic nitrogens is 2. The van der Waals surface area contributed by atoms with E-state index in [1.54, 1.807) is 0 Å². The molecule has 0 aliphatic carbocycles. The normalized spacial score (nSPS) is 11.9. The summed E-state index contributed by atoms with van der Waals surface area (Å²) in [7, 11) is 0. The van der Waals surface area contributed by atoms with Gasteiger partial charge in [0, 0.05) is 53.1 Å². The minimum Gasteiger partial charge on any atom is -0.309 e. The zero-order valence-corrected chi connectivity index (χ0v) is 28.4. The fraction of sp³-hybridized carbons (Fsp3) is 0. The van der Waals surface area contributed by atoms with E-state index in [-0.39, 0.29) is 0 Å². The largest absolute Gasteiger partial charge is 0.309 e. The third kappa shape index (κ3) is 4.22. The molecule has 0 aliphatic rings. The monoisotopic (exact) mass is 666 g/mol. The Morgan fingerprint density at radius 3 is 1.45 bits per heavy atom. The smallest absolute Gasteiger partial charge is 0.0548 e. The maximum absolute atomic E-state index is 2.43. The van der Waals surface area contributed by atoms with Crippen molar-refractivity contribution in [3.63, 3.8) is 0 Å². The molecule has 0 saturated carbocycles. The van der Waals surface area contributed by atoms with E-state index in [9.17, 15) is 0 Å². The van der Waals surface area contributed by atoms with E-state index in [4.69, 9.17) is 0 Å². The van der Waals surface area contributed by atoms with E-state index < -0.39 is 0 Å². The van der Waals surface area contributed by atoms with Gasteiger partial charge in [0.15, 0.2) is 0 Å². The molecule has 0 saturated heterocycles. The number of para-hydroxylation sites is 3. The van der Waals surface area contributed by atoms with Crippen molar-refractivity contribution in [2.24, 2.45) is 0 Å². The molecule has 8 aromatic carbocycles. The van der Waals surface area contributed by atoms with Gasteiger partial charge in [-0.15, -0.1) is 11.3 Å². The second-order valence-corrected chi connectivity index (χ2v) is 14.4. The van der Waals surface area contributed by atoms with Gasteiger partial charge in [-0.3, -0.25) is 0 Å². The Balaban J connectivity index is 1.03. The standard InChI is InChI=1S/C48H30N2S/c1-2-11-34(12-3-1)49-41-18-7-4-14-39(41)46-43(49)29-30-44-47(46)40-15-5-8-19-42(40)50(44)35-27-25-32(26-28-35)31-21-23-33(24-22-31)36-16-10-17-38-37-13-6-9-20-45(37)51-48(36)38/h1-30H. The summed E-state index contributed by atoms with van der Waals surface area (Å²) in [5.74, 6) is 0. The first-order valence-corrected chi connectivity index (χ1v) is 18.3. The van der Waals surface area contributed by atoms with Crippen LogP contribution in [0.15, 0.2) is 182 Å². The van der Waals surface area contributed by atoms with Gasteiger partial charge in [-0.1, -0.05) is 127 Å². The van der Waals surface area contributed by atoms with Gasteiger partial charge < -0.3 is 9.13 Å². The molecule has 0 N–H and O–H groups in total. The lowest BCUT2D eigenvalue weighted by molar-refractivity contribution is 1.17. The number of nitrogens with zero attached hydrogens (tertiary/aromatic N) is 2. The first-order valence-electron chi connectivity index (χ1n) is 17.4. The third-order valence-electron chi connectivity index (χ3n) is 10.5. The molecule has 0 amide bonds. The lowest BCUT2D eigenvalue weighted by atomic mass is 9.99. The second kappa shape index (κ2) is 11.0. The van der Waals surface area contributed by atoms with Gasteiger partial charge in [0.2, 0.25) is 0 Å². The third-order valence-corrected chi connectivity index (χ3v) is 11.8. The molecular weight excluding hydrogens is 637 g/mol. The van der Waals surface area contributed by atoms with Gasteiger partial charge in [-0.05, 0) is 76.9 Å². The molecule has 11 rings (SSSR count). The van der Waals surface area contributed by atoms with Gasteiger partial charge in [0.25, 0.3) is 0 Å². The maximum Gasteiger partial charge on any atom is 0.0548 e. The van der Waals surface area contributed by atoms with E-state index in [0.717, 1.165) is 5.69 Å². The number of benzene rings is 8. The number of thiophene rings is 1. The highest BCUT2D eigenvalue weighted by atomic mass is 32.1. The Hall–Kier alpha value is -6.42. The number of hydrogen-bond acceptors (Lipinski definition) is 1. The molecule has 3 heteroatoms. The van der Waals surface area contributed by atoms with E-state index in [2.05, 4.69) is 191 Å². The van der Waals surface area contributed by atoms with Crippen LogP contribution in [0.1, 0.15) is 0 Å². The van der Waals surface area contributed by atoms with Crippen LogP contribution in [0.5, 0.6) is 0 Å². The minimum atomic E-state index is 1.16. The van der Waals surface area contributed by atoms with Crippen LogP contribution in [0, 0.1) is 0 Å². The molecule has 2 nitrogen and oxygen atoms in total. The fourth-order valence-corrected chi connectivity index (χ4v) is 9.51. The Bertz CT molecular complexity index is 3100. The van der Waals surface area contributed by atoms with Gasteiger partial charge in [0.05, 0.1) is 22.1 Å². The van der Waals surface area contributed by atoms with Crippen molar-refractivity contribution in [2.45, 2.75) is 0 Å². The summed E-state index contributed by atoms with van der Waals surface area (Å²) < 4.78 is 7.52. The van der Waals surface area contributed by atoms with E-state index in [0.29, 0.717) is 0 Å². The summed E-state index contributed by atoms with van der Waals surface area (Å²) in [5.41, 5.74) is 12.2. The molecule has 0 spiro atoms. The quantitative estimate of drug-likeness (QED) is 0.177. The fourth-order valence-electron chi connectivity index (χ4n) is 8.27. The predicted octanol–water partition coefficient (Wildman–Crippen LogP) is 13.6. The summed E-state index contributed by atoms with van der Waals surface area (Å²) in [4.78, 5) is 0. The topological polar surface area (TPSA) is 9.86 Å². The number of rotatable bonds is 4. The van der Waals surface area contributed by atoms with Crippen molar-refractivity contribution in [1.29, 1.82) is 0 Å². The van der Waals surface area contributed by atoms with Gasteiger partial charge in [-0.2, -0.15) is 0 Å². The average molecular weight is 667 g/mol. The molecule has 0 unspecified atom stereocenters. The van der Waals surface area contributed by atoms with Crippen molar-refractivity contribution >= 4 is 75.1 Å². The van der Waals surface area contributed by atoms with Crippen molar-refractivity contribution in [3.8, 4) is 33.6 Å². The molecule has 0 bridgehead atoms. The first-order chi connectivity index (χ1) is 25.3. The SMILES string of the molecule is c1ccc(-n2c3ccccc3c3c4c5ccccc5n(-c5ccc(-c6ccc(-c7cccc8c7sc7ccccc78)cc6)cc5)c4ccc32)cc1. The molecule has 0 atom stereocenters. The summed E-state index contributed by atoms with van der Waals surface area (Å²) in [6.07, 6.45) is 0. The van der Waals surface area contributed by atoms with Crippen molar-refractivity contribution in [2.75, 3.05) is 0 Å². The molecule has 3 aromatic heterocycles. The predicted molar refractivity (Wildman–Crippen MR) is 219 cm³/mol.